The van der Waals surface area contributed by atoms with Crippen LogP contribution in [0, 0.1) is 0 Å². The maximum absolute atomic E-state index is 9.96. The maximum atomic E-state index is 9.96. The average molecular weight is 347 g/mol. The van der Waals surface area contributed by atoms with E-state index in [0.29, 0.717) is 0 Å². The fourth-order valence-electron chi connectivity index (χ4n) is 2.83. The van der Waals surface area contributed by atoms with Crippen molar-refractivity contribution in [2.75, 3.05) is 11.5 Å². The van der Waals surface area contributed by atoms with E-state index in [-0.39, 0.29) is 12.2 Å². The van der Waals surface area contributed by atoms with Crippen molar-refractivity contribution < 1.29 is 10.2 Å². The van der Waals surface area contributed by atoms with Gasteiger partial charge in [-0.25, -0.2) is 0 Å². The second-order valence-electron chi connectivity index (χ2n) is 6.96. The zero-order chi connectivity index (χ0) is 17.2. The Kier molecular flexibility index (Phi) is 18.8. The summed E-state index contributed by atoms with van der Waals surface area (Å²) in [6.07, 6.45) is 16.8. The van der Waals surface area contributed by atoms with Crippen molar-refractivity contribution in [2.45, 2.75) is 116 Å². The quantitative estimate of drug-likeness (QED) is 0.302. The monoisotopic (exact) mass is 346 g/mol. The predicted molar refractivity (Wildman–Crippen MR) is 105 cm³/mol. The predicted octanol–water partition coefficient (Wildman–Crippen LogP) is 5.94. The lowest BCUT2D eigenvalue weighted by Crippen LogP contribution is -2.14. The van der Waals surface area contributed by atoms with Gasteiger partial charge in [0.15, 0.2) is 0 Å². The molecule has 2 unspecified atom stereocenters. The molecule has 0 radical (unpaired) electrons. The molecule has 0 aliphatic rings. The molecular formula is C20H42O2S. The molecule has 0 aliphatic heterocycles. The molecule has 0 spiro atoms. The zero-order valence-electron chi connectivity index (χ0n) is 15.8. The van der Waals surface area contributed by atoms with E-state index in [9.17, 15) is 10.2 Å². The van der Waals surface area contributed by atoms with E-state index in [4.69, 9.17) is 0 Å². The fourth-order valence-corrected chi connectivity index (χ4v) is 3.84. The van der Waals surface area contributed by atoms with Crippen molar-refractivity contribution in [2.24, 2.45) is 0 Å². The van der Waals surface area contributed by atoms with Gasteiger partial charge in [-0.3, -0.25) is 0 Å². The Balaban J connectivity index is 3.30. The molecule has 0 aromatic carbocycles. The summed E-state index contributed by atoms with van der Waals surface area (Å²) in [5.74, 6) is 1.56. The summed E-state index contributed by atoms with van der Waals surface area (Å²) in [5.41, 5.74) is 0. The highest BCUT2D eigenvalue weighted by Gasteiger charge is 2.08. The molecule has 0 heterocycles. The first kappa shape index (κ1) is 23.3. The third kappa shape index (κ3) is 18.4. The minimum Gasteiger partial charge on any atom is -0.392 e. The molecule has 2 N–H and O–H groups in total. The maximum Gasteiger partial charge on any atom is 0.0630 e. The van der Waals surface area contributed by atoms with Gasteiger partial charge in [-0.15, -0.1) is 0 Å². The van der Waals surface area contributed by atoms with Crippen molar-refractivity contribution in [1.29, 1.82) is 0 Å². The number of hydrogen-bond acceptors (Lipinski definition) is 3. The summed E-state index contributed by atoms with van der Waals surface area (Å²) in [6.45, 7) is 4.48. The number of rotatable bonds is 18. The van der Waals surface area contributed by atoms with Crippen LogP contribution in [-0.2, 0) is 0 Å². The average Bonchev–Trinajstić information content (AvgIpc) is 2.54. The van der Waals surface area contributed by atoms with E-state index >= 15 is 0 Å². The van der Waals surface area contributed by atoms with Crippen LogP contribution in [0.5, 0.6) is 0 Å². The molecule has 0 bridgehead atoms. The molecular weight excluding hydrogens is 304 g/mol. The lowest BCUT2D eigenvalue weighted by molar-refractivity contribution is 0.179. The van der Waals surface area contributed by atoms with Crippen molar-refractivity contribution in [1.82, 2.24) is 0 Å². The summed E-state index contributed by atoms with van der Waals surface area (Å²) >= 11 is 1.71. The molecule has 140 valence electrons. The number of aliphatic hydroxyl groups excluding tert-OH is 2. The number of aliphatic hydroxyl groups is 2. The molecule has 0 amide bonds. The fraction of sp³-hybridized carbons (Fsp3) is 1.00. The van der Waals surface area contributed by atoms with Crippen LogP contribution in [0.4, 0.5) is 0 Å². The Bertz CT molecular complexity index is 202. The van der Waals surface area contributed by atoms with E-state index in [1.165, 1.54) is 64.2 Å². The van der Waals surface area contributed by atoms with Crippen molar-refractivity contribution in [3.8, 4) is 0 Å². The molecule has 0 aromatic rings. The van der Waals surface area contributed by atoms with Gasteiger partial charge in [-0.1, -0.05) is 90.9 Å². The minimum absolute atomic E-state index is 0.188. The SMILES string of the molecule is CCCCCCCCC(O)CSCC(O)CCCCCCCC. The molecule has 2 atom stereocenters. The lowest BCUT2D eigenvalue weighted by Gasteiger charge is -2.13. The Morgan fingerprint density at radius 1 is 0.565 bits per heavy atom. The molecule has 23 heavy (non-hydrogen) atoms. The van der Waals surface area contributed by atoms with Gasteiger partial charge in [0, 0.05) is 11.5 Å². The molecule has 0 saturated carbocycles. The smallest absolute Gasteiger partial charge is 0.0630 e. The van der Waals surface area contributed by atoms with Gasteiger partial charge in [0.25, 0.3) is 0 Å². The van der Waals surface area contributed by atoms with E-state index in [1.807, 2.05) is 0 Å². The van der Waals surface area contributed by atoms with Gasteiger partial charge in [-0.05, 0) is 12.8 Å². The first-order valence-electron chi connectivity index (χ1n) is 10.1. The Morgan fingerprint density at radius 3 is 1.30 bits per heavy atom. The molecule has 0 fully saturated rings. The first-order valence-corrected chi connectivity index (χ1v) is 11.3. The molecule has 0 rings (SSSR count). The van der Waals surface area contributed by atoms with Gasteiger partial charge >= 0.3 is 0 Å². The van der Waals surface area contributed by atoms with Crippen LogP contribution >= 0.6 is 11.8 Å². The Labute approximate surface area is 149 Å². The summed E-state index contributed by atoms with van der Waals surface area (Å²) in [4.78, 5) is 0. The van der Waals surface area contributed by atoms with E-state index in [1.54, 1.807) is 11.8 Å². The highest BCUT2D eigenvalue weighted by molar-refractivity contribution is 7.99. The van der Waals surface area contributed by atoms with Crippen LogP contribution in [0.1, 0.15) is 104 Å². The van der Waals surface area contributed by atoms with Crippen LogP contribution in [0.3, 0.4) is 0 Å². The summed E-state index contributed by atoms with van der Waals surface area (Å²) < 4.78 is 0. The largest absolute Gasteiger partial charge is 0.392 e. The van der Waals surface area contributed by atoms with Crippen LogP contribution in [0.15, 0.2) is 0 Å². The third-order valence-corrected chi connectivity index (χ3v) is 5.64. The van der Waals surface area contributed by atoms with E-state index < -0.39 is 0 Å². The van der Waals surface area contributed by atoms with E-state index in [0.717, 1.165) is 37.2 Å². The number of thioether (sulfide) groups is 1. The zero-order valence-corrected chi connectivity index (χ0v) is 16.6. The third-order valence-electron chi connectivity index (χ3n) is 4.40. The second-order valence-corrected chi connectivity index (χ2v) is 8.03. The van der Waals surface area contributed by atoms with Crippen LogP contribution < -0.4 is 0 Å². The summed E-state index contributed by atoms with van der Waals surface area (Å²) in [6, 6.07) is 0. The topological polar surface area (TPSA) is 40.5 Å². The summed E-state index contributed by atoms with van der Waals surface area (Å²) in [7, 11) is 0. The van der Waals surface area contributed by atoms with Gasteiger partial charge < -0.3 is 10.2 Å². The minimum atomic E-state index is -0.188. The van der Waals surface area contributed by atoms with Gasteiger partial charge in [0.05, 0.1) is 12.2 Å². The molecule has 0 saturated heterocycles. The number of hydrogen-bond donors (Lipinski definition) is 2. The van der Waals surface area contributed by atoms with Crippen molar-refractivity contribution in [3.63, 3.8) is 0 Å². The van der Waals surface area contributed by atoms with E-state index in [2.05, 4.69) is 13.8 Å². The second kappa shape index (κ2) is 18.6. The Morgan fingerprint density at radius 2 is 0.913 bits per heavy atom. The first-order chi connectivity index (χ1) is 11.2. The molecule has 2 nitrogen and oxygen atoms in total. The standard InChI is InChI=1S/C20H42O2S/c1-3-5-7-9-11-13-15-19(21)17-23-18-20(22)16-14-12-10-8-6-4-2/h19-22H,3-18H2,1-2H3. The van der Waals surface area contributed by atoms with Crippen LogP contribution in [-0.4, -0.2) is 33.9 Å². The van der Waals surface area contributed by atoms with Crippen molar-refractivity contribution >= 4 is 11.8 Å². The molecule has 3 heteroatoms. The van der Waals surface area contributed by atoms with Crippen LogP contribution in [0.2, 0.25) is 0 Å². The summed E-state index contributed by atoms with van der Waals surface area (Å²) in [5, 5.41) is 19.9. The van der Waals surface area contributed by atoms with Crippen molar-refractivity contribution in [3.05, 3.63) is 0 Å². The molecule has 0 aromatic heterocycles. The van der Waals surface area contributed by atoms with Crippen LogP contribution in [0.25, 0.3) is 0 Å². The normalized spacial score (nSPS) is 14.1. The van der Waals surface area contributed by atoms with Gasteiger partial charge in [0.1, 0.15) is 0 Å². The van der Waals surface area contributed by atoms with Gasteiger partial charge in [0.2, 0.25) is 0 Å². The number of unbranched alkanes of at least 4 members (excludes halogenated alkanes) is 10. The highest BCUT2D eigenvalue weighted by atomic mass is 32.2. The highest BCUT2D eigenvalue weighted by Crippen LogP contribution is 2.15. The van der Waals surface area contributed by atoms with Gasteiger partial charge in [-0.2, -0.15) is 11.8 Å². The Hall–Kier alpha value is 0.270. The molecule has 0 aliphatic carbocycles. The lowest BCUT2D eigenvalue weighted by atomic mass is 10.1.